The minimum atomic E-state index is 0.172. The molecule has 2 nitrogen and oxygen atoms in total. The summed E-state index contributed by atoms with van der Waals surface area (Å²) in [6.45, 7) is 8.55. The quantitative estimate of drug-likeness (QED) is 0.699. The third kappa shape index (κ3) is 2.49. The summed E-state index contributed by atoms with van der Waals surface area (Å²) in [7, 11) is 0. The lowest BCUT2D eigenvalue weighted by Crippen LogP contribution is -2.21. The Morgan fingerprint density at radius 3 is 2.56 bits per heavy atom. The van der Waals surface area contributed by atoms with Crippen molar-refractivity contribution in [3.8, 4) is 0 Å². The molecule has 0 spiro atoms. The van der Waals surface area contributed by atoms with E-state index in [0.717, 1.165) is 25.3 Å². The summed E-state index contributed by atoms with van der Waals surface area (Å²) in [5.41, 5.74) is 1.45. The molecule has 1 atom stereocenters. The molecule has 1 saturated heterocycles. The number of pyridine rings is 1. The van der Waals surface area contributed by atoms with Crippen molar-refractivity contribution in [1.82, 2.24) is 4.98 Å². The number of aromatic nitrogens is 1. The molecule has 0 N–H and O–H groups in total. The van der Waals surface area contributed by atoms with Gasteiger partial charge in [-0.25, -0.2) is 4.98 Å². The largest absolute Gasteiger partial charge is 0.355 e. The Kier molecular flexibility index (Phi) is 3.11. The number of hydrogen-bond acceptors (Lipinski definition) is 2. The van der Waals surface area contributed by atoms with E-state index in [9.17, 15) is 0 Å². The lowest BCUT2D eigenvalue weighted by molar-refractivity contribution is 0.587. The van der Waals surface area contributed by atoms with Crippen LogP contribution < -0.4 is 4.90 Å². The maximum Gasteiger partial charge on any atom is 0.128 e. The van der Waals surface area contributed by atoms with Crippen LogP contribution in [-0.2, 0) is 5.41 Å². The third-order valence-corrected chi connectivity index (χ3v) is 3.42. The second-order valence-electron chi connectivity index (χ2n) is 5.49. The van der Waals surface area contributed by atoms with Gasteiger partial charge in [0, 0.05) is 19.3 Å². The first kappa shape index (κ1) is 11.7. The molecule has 16 heavy (non-hydrogen) atoms. The zero-order chi connectivity index (χ0) is 11.8. The van der Waals surface area contributed by atoms with Crippen LogP contribution >= 0.6 is 11.6 Å². The number of alkyl halides is 1. The standard InChI is InChI=1S/C13H19ClN2/c1-13(2,3)10-4-5-12(15-8-10)16-7-6-11(14)9-16/h4-5,8,11H,6-7,9H2,1-3H3. The predicted molar refractivity (Wildman–Crippen MR) is 69.4 cm³/mol. The van der Waals surface area contributed by atoms with E-state index in [1.807, 2.05) is 6.20 Å². The molecule has 2 heterocycles. The van der Waals surface area contributed by atoms with Gasteiger partial charge in [0.05, 0.1) is 5.38 Å². The van der Waals surface area contributed by atoms with E-state index in [2.05, 4.69) is 42.8 Å². The van der Waals surface area contributed by atoms with E-state index < -0.39 is 0 Å². The molecule has 1 fully saturated rings. The maximum atomic E-state index is 6.09. The van der Waals surface area contributed by atoms with Gasteiger partial charge in [-0.05, 0) is 23.5 Å². The Bertz CT molecular complexity index is 353. The molecule has 0 aromatic carbocycles. The lowest BCUT2D eigenvalue weighted by Gasteiger charge is -2.21. The molecule has 1 aromatic rings. The molecule has 0 saturated carbocycles. The molecule has 0 amide bonds. The van der Waals surface area contributed by atoms with E-state index in [4.69, 9.17) is 11.6 Å². The molecule has 3 heteroatoms. The van der Waals surface area contributed by atoms with Crippen LogP contribution in [0.1, 0.15) is 32.8 Å². The fourth-order valence-corrected chi connectivity index (χ4v) is 2.21. The van der Waals surface area contributed by atoms with Gasteiger partial charge in [-0.3, -0.25) is 0 Å². The lowest BCUT2D eigenvalue weighted by atomic mass is 9.88. The molecule has 88 valence electrons. The van der Waals surface area contributed by atoms with E-state index in [1.165, 1.54) is 5.56 Å². The number of anilines is 1. The van der Waals surface area contributed by atoms with E-state index in [-0.39, 0.29) is 10.8 Å². The monoisotopic (exact) mass is 238 g/mol. The first-order valence-corrected chi connectivity index (χ1v) is 6.26. The Morgan fingerprint density at radius 1 is 1.38 bits per heavy atom. The molecular weight excluding hydrogens is 220 g/mol. The van der Waals surface area contributed by atoms with E-state index >= 15 is 0 Å². The highest BCUT2D eigenvalue weighted by Gasteiger charge is 2.22. The zero-order valence-electron chi connectivity index (χ0n) is 10.2. The van der Waals surface area contributed by atoms with Gasteiger partial charge in [0.2, 0.25) is 0 Å². The van der Waals surface area contributed by atoms with Crippen molar-refractivity contribution in [3.05, 3.63) is 23.9 Å². The number of halogens is 1. The molecule has 0 aliphatic carbocycles. The van der Waals surface area contributed by atoms with Crippen LogP contribution in [-0.4, -0.2) is 23.5 Å². The molecule has 0 bridgehead atoms. The Morgan fingerprint density at radius 2 is 2.12 bits per heavy atom. The SMILES string of the molecule is CC(C)(C)c1ccc(N2CCC(Cl)C2)nc1. The summed E-state index contributed by atoms with van der Waals surface area (Å²) in [5, 5.41) is 0.282. The van der Waals surface area contributed by atoms with Crippen molar-refractivity contribution < 1.29 is 0 Å². The van der Waals surface area contributed by atoms with Crippen molar-refractivity contribution >= 4 is 17.4 Å². The normalized spacial score (nSPS) is 21.5. The summed E-state index contributed by atoms with van der Waals surface area (Å²) < 4.78 is 0. The molecular formula is C13H19ClN2. The fourth-order valence-electron chi connectivity index (χ4n) is 1.94. The third-order valence-electron chi connectivity index (χ3n) is 3.07. The Hall–Kier alpha value is -0.760. The van der Waals surface area contributed by atoms with Crippen molar-refractivity contribution in [2.75, 3.05) is 18.0 Å². The van der Waals surface area contributed by atoms with Crippen molar-refractivity contribution in [3.63, 3.8) is 0 Å². The van der Waals surface area contributed by atoms with Gasteiger partial charge >= 0.3 is 0 Å². The van der Waals surface area contributed by atoms with Gasteiger partial charge in [0.15, 0.2) is 0 Å². The second kappa shape index (κ2) is 4.25. The van der Waals surface area contributed by atoms with Crippen LogP contribution in [0.15, 0.2) is 18.3 Å². The van der Waals surface area contributed by atoms with E-state index in [1.54, 1.807) is 0 Å². The van der Waals surface area contributed by atoms with Crippen LogP contribution in [0.4, 0.5) is 5.82 Å². The van der Waals surface area contributed by atoms with Crippen LogP contribution in [0, 0.1) is 0 Å². The van der Waals surface area contributed by atoms with Crippen molar-refractivity contribution in [1.29, 1.82) is 0 Å². The Balaban J connectivity index is 2.14. The van der Waals surface area contributed by atoms with Gasteiger partial charge < -0.3 is 4.90 Å². The molecule has 1 aliphatic rings. The average Bonchev–Trinajstić information content (AvgIpc) is 2.64. The van der Waals surface area contributed by atoms with Gasteiger partial charge in [0.1, 0.15) is 5.82 Å². The Labute approximate surface area is 103 Å². The molecule has 1 aliphatic heterocycles. The molecule has 1 aromatic heterocycles. The number of nitrogens with zero attached hydrogens (tertiary/aromatic N) is 2. The minimum absolute atomic E-state index is 0.172. The van der Waals surface area contributed by atoms with Gasteiger partial charge in [-0.15, -0.1) is 11.6 Å². The molecule has 2 rings (SSSR count). The fraction of sp³-hybridized carbons (Fsp3) is 0.615. The first-order chi connectivity index (χ1) is 7.47. The summed E-state index contributed by atoms with van der Waals surface area (Å²) >= 11 is 6.09. The minimum Gasteiger partial charge on any atom is -0.355 e. The van der Waals surface area contributed by atoms with Gasteiger partial charge in [0.25, 0.3) is 0 Å². The highest BCUT2D eigenvalue weighted by Crippen LogP contribution is 2.25. The topological polar surface area (TPSA) is 16.1 Å². The van der Waals surface area contributed by atoms with Crippen LogP contribution in [0.3, 0.4) is 0 Å². The summed E-state index contributed by atoms with van der Waals surface area (Å²) in [5.74, 6) is 1.05. The highest BCUT2D eigenvalue weighted by atomic mass is 35.5. The molecule has 1 unspecified atom stereocenters. The smallest absolute Gasteiger partial charge is 0.128 e. The predicted octanol–water partition coefficient (Wildman–Crippen LogP) is 3.20. The number of hydrogen-bond donors (Lipinski definition) is 0. The van der Waals surface area contributed by atoms with Gasteiger partial charge in [-0.1, -0.05) is 26.8 Å². The first-order valence-electron chi connectivity index (χ1n) is 5.82. The summed E-state index contributed by atoms with van der Waals surface area (Å²) in [6.07, 6.45) is 3.04. The second-order valence-corrected chi connectivity index (χ2v) is 6.10. The summed E-state index contributed by atoms with van der Waals surface area (Å²) in [6, 6.07) is 4.28. The summed E-state index contributed by atoms with van der Waals surface area (Å²) in [4.78, 5) is 6.78. The maximum absolute atomic E-state index is 6.09. The highest BCUT2D eigenvalue weighted by molar-refractivity contribution is 6.21. The number of rotatable bonds is 1. The zero-order valence-corrected chi connectivity index (χ0v) is 11.0. The van der Waals surface area contributed by atoms with Gasteiger partial charge in [-0.2, -0.15) is 0 Å². The van der Waals surface area contributed by atoms with Crippen molar-refractivity contribution in [2.45, 2.75) is 38.0 Å². The van der Waals surface area contributed by atoms with Crippen LogP contribution in [0.2, 0.25) is 0 Å². The molecule has 0 radical (unpaired) electrons. The average molecular weight is 239 g/mol. The van der Waals surface area contributed by atoms with E-state index in [0.29, 0.717) is 0 Å². The van der Waals surface area contributed by atoms with Crippen molar-refractivity contribution in [2.24, 2.45) is 0 Å². The van der Waals surface area contributed by atoms with Crippen LogP contribution in [0.5, 0.6) is 0 Å². The van der Waals surface area contributed by atoms with Crippen LogP contribution in [0.25, 0.3) is 0 Å².